The van der Waals surface area contributed by atoms with E-state index in [0.29, 0.717) is 11.4 Å². The highest BCUT2D eigenvalue weighted by Crippen LogP contribution is 2.31. The Bertz CT molecular complexity index is 1190. The summed E-state index contributed by atoms with van der Waals surface area (Å²) in [7, 11) is -2.39. The summed E-state index contributed by atoms with van der Waals surface area (Å²) < 4.78 is 27.2. The molecule has 0 saturated heterocycles. The quantitative estimate of drug-likeness (QED) is 0.522. The number of nitrogens with one attached hydrogen (secondary N) is 1. The maximum atomic E-state index is 13.0. The number of aryl methyl sites for hydroxylation is 1. The smallest absolute Gasteiger partial charge is 0.264 e. The van der Waals surface area contributed by atoms with Gasteiger partial charge in [0.05, 0.1) is 26.3 Å². The third kappa shape index (κ3) is 4.53. The summed E-state index contributed by atoms with van der Waals surface area (Å²) in [6, 6.07) is 15.8. The van der Waals surface area contributed by atoms with Crippen molar-refractivity contribution in [3.63, 3.8) is 0 Å². The van der Waals surface area contributed by atoms with Crippen LogP contribution >= 0.6 is 23.2 Å². The Kier molecular flexibility index (Phi) is 6.26. The van der Waals surface area contributed by atoms with Gasteiger partial charge in [-0.2, -0.15) is 0 Å². The fourth-order valence-electron chi connectivity index (χ4n) is 2.71. The first-order valence-corrected chi connectivity index (χ1v) is 11.0. The number of hydrogen-bond donors (Lipinski definition) is 2. The fraction of sp³-hybridized carbons (Fsp3) is 0.0952. The second kappa shape index (κ2) is 8.55. The number of anilines is 3. The fourth-order valence-corrected chi connectivity index (χ4v) is 4.44. The lowest BCUT2D eigenvalue weighted by molar-refractivity contribution is 0.102. The SMILES string of the molecule is Cc1ccc(N(C)S(=O)(=O)c2cccc(C(=O)Nc3cc(Cl)c(N)c(Cl)c3)c2)cc1. The highest BCUT2D eigenvalue weighted by atomic mass is 35.5. The molecule has 0 aliphatic heterocycles. The first-order valence-electron chi connectivity index (χ1n) is 8.81. The highest BCUT2D eigenvalue weighted by molar-refractivity contribution is 7.92. The Hall–Kier alpha value is -2.74. The van der Waals surface area contributed by atoms with Crippen molar-refractivity contribution in [1.82, 2.24) is 0 Å². The standard InChI is InChI=1S/C21H19Cl2N3O3S/c1-13-6-8-16(9-7-13)26(2)30(28,29)17-5-3-4-14(10-17)21(27)25-15-11-18(22)20(24)19(23)12-15/h3-12H,24H2,1-2H3,(H,25,27). The van der Waals surface area contributed by atoms with Gasteiger partial charge in [-0.3, -0.25) is 9.10 Å². The second-order valence-corrected chi connectivity index (χ2v) is 9.43. The monoisotopic (exact) mass is 463 g/mol. The van der Waals surface area contributed by atoms with Gasteiger partial charge in [-0.05, 0) is 49.4 Å². The summed E-state index contributed by atoms with van der Waals surface area (Å²) in [6.07, 6.45) is 0. The van der Waals surface area contributed by atoms with Crippen LogP contribution in [0.15, 0.2) is 65.6 Å². The van der Waals surface area contributed by atoms with Gasteiger partial charge in [0.1, 0.15) is 0 Å². The summed E-state index contributed by atoms with van der Waals surface area (Å²) in [5.74, 6) is -0.512. The maximum Gasteiger partial charge on any atom is 0.264 e. The number of nitrogens with two attached hydrogens (primary N) is 1. The molecule has 0 radical (unpaired) electrons. The molecule has 156 valence electrons. The van der Waals surface area contributed by atoms with Crippen molar-refractivity contribution in [2.45, 2.75) is 11.8 Å². The molecular weight excluding hydrogens is 445 g/mol. The van der Waals surface area contributed by atoms with Gasteiger partial charge < -0.3 is 11.1 Å². The number of halogens is 2. The third-order valence-corrected chi connectivity index (χ3v) is 6.90. The lowest BCUT2D eigenvalue weighted by Gasteiger charge is -2.20. The van der Waals surface area contributed by atoms with E-state index in [-0.39, 0.29) is 26.2 Å². The van der Waals surface area contributed by atoms with E-state index in [1.54, 1.807) is 12.1 Å². The molecule has 0 atom stereocenters. The second-order valence-electron chi connectivity index (χ2n) is 6.64. The Morgan fingerprint density at radius 2 is 1.60 bits per heavy atom. The van der Waals surface area contributed by atoms with Crippen LogP contribution in [0.5, 0.6) is 0 Å². The Balaban J connectivity index is 1.88. The average molecular weight is 464 g/mol. The predicted octanol–water partition coefficient (Wildman–Crippen LogP) is 4.96. The van der Waals surface area contributed by atoms with Crippen LogP contribution in [-0.4, -0.2) is 21.4 Å². The van der Waals surface area contributed by atoms with E-state index in [0.717, 1.165) is 5.56 Å². The molecule has 3 aromatic carbocycles. The molecule has 0 fully saturated rings. The zero-order chi connectivity index (χ0) is 22.1. The Morgan fingerprint density at radius 1 is 1.00 bits per heavy atom. The molecule has 0 aliphatic rings. The first-order chi connectivity index (χ1) is 14.1. The zero-order valence-electron chi connectivity index (χ0n) is 16.2. The van der Waals surface area contributed by atoms with Crippen LogP contribution in [-0.2, 0) is 10.0 Å². The number of carbonyl (C=O) groups excluding carboxylic acids is 1. The van der Waals surface area contributed by atoms with Gasteiger partial charge >= 0.3 is 0 Å². The summed E-state index contributed by atoms with van der Waals surface area (Å²) in [6.45, 7) is 1.92. The molecule has 0 spiro atoms. The lowest BCUT2D eigenvalue weighted by atomic mass is 10.2. The molecule has 0 aliphatic carbocycles. The van der Waals surface area contributed by atoms with E-state index in [2.05, 4.69) is 5.32 Å². The van der Waals surface area contributed by atoms with Gasteiger partial charge in [-0.25, -0.2) is 8.42 Å². The number of rotatable bonds is 5. The molecule has 3 N–H and O–H groups in total. The van der Waals surface area contributed by atoms with Crippen LogP contribution in [0, 0.1) is 6.92 Å². The number of amides is 1. The van der Waals surface area contributed by atoms with Crippen molar-refractivity contribution in [3.05, 3.63) is 81.8 Å². The van der Waals surface area contributed by atoms with Crippen LogP contribution < -0.4 is 15.4 Å². The first kappa shape index (κ1) is 22.0. The molecule has 0 aromatic heterocycles. The normalized spacial score (nSPS) is 11.2. The van der Waals surface area contributed by atoms with Crippen LogP contribution in [0.25, 0.3) is 0 Å². The van der Waals surface area contributed by atoms with Gasteiger partial charge in [0.25, 0.3) is 15.9 Å². The van der Waals surface area contributed by atoms with Gasteiger partial charge in [-0.1, -0.05) is 47.0 Å². The van der Waals surface area contributed by atoms with Gasteiger partial charge in [0.2, 0.25) is 0 Å². The van der Waals surface area contributed by atoms with Gasteiger partial charge in [0, 0.05) is 18.3 Å². The minimum Gasteiger partial charge on any atom is -0.396 e. The summed E-state index contributed by atoms with van der Waals surface area (Å²) in [5.41, 5.74) is 7.95. The van der Waals surface area contributed by atoms with Crippen LogP contribution in [0.4, 0.5) is 17.1 Å². The molecule has 1 amide bonds. The molecule has 0 heterocycles. The Labute approximate surface area is 185 Å². The van der Waals surface area contributed by atoms with E-state index in [1.807, 2.05) is 19.1 Å². The summed E-state index contributed by atoms with van der Waals surface area (Å²) >= 11 is 12.0. The van der Waals surface area contributed by atoms with Crippen molar-refractivity contribution in [2.24, 2.45) is 0 Å². The number of nitrogen functional groups attached to an aromatic ring is 1. The van der Waals surface area contributed by atoms with Crippen LogP contribution in [0.1, 0.15) is 15.9 Å². The molecule has 9 heteroatoms. The summed E-state index contributed by atoms with van der Waals surface area (Å²) in [4.78, 5) is 12.6. The van der Waals surface area contributed by atoms with Crippen molar-refractivity contribution in [3.8, 4) is 0 Å². The van der Waals surface area contributed by atoms with Gasteiger partial charge in [-0.15, -0.1) is 0 Å². The summed E-state index contributed by atoms with van der Waals surface area (Å²) in [5, 5.41) is 3.05. The lowest BCUT2D eigenvalue weighted by Crippen LogP contribution is -2.26. The molecule has 3 rings (SSSR count). The molecule has 0 saturated carbocycles. The number of benzene rings is 3. The van der Waals surface area contributed by atoms with E-state index < -0.39 is 15.9 Å². The number of nitrogens with zero attached hydrogens (tertiary/aromatic N) is 1. The van der Waals surface area contributed by atoms with Crippen molar-refractivity contribution in [1.29, 1.82) is 0 Å². The van der Waals surface area contributed by atoms with Crippen LogP contribution in [0.3, 0.4) is 0 Å². The molecule has 3 aromatic rings. The van der Waals surface area contributed by atoms with Gasteiger partial charge in [0.15, 0.2) is 0 Å². The van der Waals surface area contributed by atoms with E-state index in [9.17, 15) is 13.2 Å². The van der Waals surface area contributed by atoms with E-state index >= 15 is 0 Å². The number of hydrogen-bond acceptors (Lipinski definition) is 4. The minimum atomic E-state index is -3.86. The zero-order valence-corrected chi connectivity index (χ0v) is 18.5. The maximum absolute atomic E-state index is 13.0. The van der Waals surface area contributed by atoms with Crippen LogP contribution in [0.2, 0.25) is 10.0 Å². The predicted molar refractivity (Wildman–Crippen MR) is 122 cm³/mol. The topological polar surface area (TPSA) is 92.5 Å². The Morgan fingerprint density at radius 3 is 2.20 bits per heavy atom. The largest absolute Gasteiger partial charge is 0.396 e. The number of carbonyl (C=O) groups is 1. The molecule has 0 bridgehead atoms. The van der Waals surface area contributed by atoms with E-state index in [4.69, 9.17) is 28.9 Å². The third-order valence-electron chi connectivity index (χ3n) is 4.49. The van der Waals surface area contributed by atoms with Crippen molar-refractivity contribution < 1.29 is 13.2 Å². The number of sulfonamides is 1. The van der Waals surface area contributed by atoms with Crippen molar-refractivity contribution in [2.75, 3.05) is 22.4 Å². The molecular formula is C21H19Cl2N3O3S. The average Bonchev–Trinajstić information content (AvgIpc) is 2.72. The van der Waals surface area contributed by atoms with Crippen molar-refractivity contribution >= 4 is 56.2 Å². The van der Waals surface area contributed by atoms with E-state index in [1.165, 1.54) is 47.8 Å². The minimum absolute atomic E-state index is 0.00778. The highest BCUT2D eigenvalue weighted by Gasteiger charge is 2.22. The molecule has 6 nitrogen and oxygen atoms in total. The molecule has 30 heavy (non-hydrogen) atoms. The molecule has 0 unspecified atom stereocenters.